The van der Waals surface area contributed by atoms with Crippen LogP contribution in [0, 0.1) is 24.5 Å². The summed E-state index contributed by atoms with van der Waals surface area (Å²) in [6, 6.07) is 2.64. The standard InChI is InChI=1S/C18H29F2N/c1-5-8-9-14(6-2)11-18(21-7-3)15-10-13(4)16(19)12-17(15)20/h10,12,14,18,21H,5-9,11H2,1-4H3. The predicted molar refractivity (Wildman–Crippen MR) is 85.4 cm³/mol. The number of hydrogen-bond acceptors (Lipinski definition) is 1. The van der Waals surface area contributed by atoms with Gasteiger partial charge in [0.25, 0.3) is 0 Å². The van der Waals surface area contributed by atoms with Crippen LogP contribution in [0.1, 0.15) is 70.0 Å². The van der Waals surface area contributed by atoms with Gasteiger partial charge in [-0.05, 0) is 37.4 Å². The number of aryl methyl sites for hydroxylation is 1. The molecular weight excluding hydrogens is 268 g/mol. The molecule has 1 N–H and O–H groups in total. The van der Waals surface area contributed by atoms with Gasteiger partial charge in [0.15, 0.2) is 0 Å². The molecule has 0 saturated carbocycles. The normalized spacial score (nSPS) is 14.2. The molecule has 2 atom stereocenters. The number of unbranched alkanes of at least 4 members (excludes halogenated alkanes) is 1. The van der Waals surface area contributed by atoms with Gasteiger partial charge < -0.3 is 5.32 Å². The van der Waals surface area contributed by atoms with Gasteiger partial charge in [0.2, 0.25) is 0 Å². The van der Waals surface area contributed by atoms with Crippen LogP contribution in [-0.4, -0.2) is 6.54 Å². The van der Waals surface area contributed by atoms with Crippen LogP contribution in [0.2, 0.25) is 0 Å². The Hall–Kier alpha value is -0.960. The molecule has 1 aromatic rings. The molecule has 0 spiro atoms. The molecule has 0 amide bonds. The van der Waals surface area contributed by atoms with Crippen molar-refractivity contribution in [3.05, 3.63) is 34.9 Å². The lowest BCUT2D eigenvalue weighted by atomic mass is 9.88. The first-order valence-electron chi connectivity index (χ1n) is 8.22. The first-order chi connectivity index (χ1) is 10.0. The second-order valence-corrected chi connectivity index (χ2v) is 5.89. The third-order valence-corrected chi connectivity index (χ3v) is 4.22. The Kier molecular flexibility index (Phi) is 7.87. The van der Waals surface area contributed by atoms with Gasteiger partial charge in [0.05, 0.1) is 0 Å². The average molecular weight is 297 g/mol. The van der Waals surface area contributed by atoms with E-state index in [1.54, 1.807) is 13.0 Å². The van der Waals surface area contributed by atoms with E-state index in [9.17, 15) is 8.78 Å². The van der Waals surface area contributed by atoms with E-state index in [-0.39, 0.29) is 6.04 Å². The quantitative estimate of drug-likeness (QED) is 0.632. The van der Waals surface area contributed by atoms with E-state index in [1.807, 2.05) is 6.92 Å². The summed E-state index contributed by atoms with van der Waals surface area (Å²) in [7, 11) is 0. The van der Waals surface area contributed by atoms with Gasteiger partial charge in [-0.15, -0.1) is 0 Å². The molecule has 21 heavy (non-hydrogen) atoms. The van der Waals surface area contributed by atoms with Gasteiger partial charge in [-0.3, -0.25) is 0 Å². The van der Waals surface area contributed by atoms with Crippen molar-refractivity contribution in [2.24, 2.45) is 5.92 Å². The lowest BCUT2D eigenvalue weighted by Gasteiger charge is -2.24. The fourth-order valence-corrected chi connectivity index (χ4v) is 2.83. The Morgan fingerprint density at radius 3 is 2.38 bits per heavy atom. The molecule has 1 aromatic carbocycles. The van der Waals surface area contributed by atoms with Crippen molar-refractivity contribution >= 4 is 0 Å². The lowest BCUT2D eigenvalue weighted by molar-refractivity contribution is 0.350. The van der Waals surface area contributed by atoms with Crippen molar-refractivity contribution in [3.8, 4) is 0 Å². The molecule has 0 fully saturated rings. The van der Waals surface area contributed by atoms with Crippen LogP contribution in [0.25, 0.3) is 0 Å². The molecule has 0 aliphatic rings. The topological polar surface area (TPSA) is 12.0 Å². The van der Waals surface area contributed by atoms with Gasteiger partial charge in [0, 0.05) is 17.7 Å². The van der Waals surface area contributed by atoms with Crippen LogP contribution in [0.4, 0.5) is 8.78 Å². The predicted octanol–water partition coefficient (Wildman–Crippen LogP) is 5.53. The zero-order valence-corrected chi connectivity index (χ0v) is 13.8. The summed E-state index contributed by atoms with van der Waals surface area (Å²) in [5, 5.41) is 3.37. The molecule has 0 radical (unpaired) electrons. The van der Waals surface area contributed by atoms with E-state index in [1.165, 1.54) is 19.3 Å². The Morgan fingerprint density at radius 2 is 1.81 bits per heavy atom. The smallest absolute Gasteiger partial charge is 0.130 e. The zero-order valence-electron chi connectivity index (χ0n) is 13.8. The number of rotatable bonds is 9. The molecular formula is C18H29F2N. The average Bonchev–Trinajstić information content (AvgIpc) is 2.46. The molecule has 0 aliphatic carbocycles. The highest BCUT2D eigenvalue weighted by atomic mass is 19.1. The molecule has 3 heteroatoms. The number of hydrogen-bond donors (Lipinski definition) is 1. The van der Waals surface area contributed by atoms with Crippen molar-refractivity contribution in [2.75, 3.05) is 6.54 Å². The largest absolute Gasteiger partial charge is 0.310 e. The minimum Gasteiger partial charge on any atom is -0.310 e. The molecule has 0 heterocycles. The summed E-state index contributed by atoms with van der Waals surface area (Å²) in [5.41, 5.74) is 1.11. The maximum Gasteiger partial charge on any atom is 0.130 e. The highest BCUT2D eigenvalue weighted by molar-refractivity contribution is 5.28. The van der Waals surface area contributed by atoms with Gasteiger partial charge >= 0.3 is 0 Å². The Bertz CT molecular complexity index is 431. The maximum absolute atomic E-state index is 14.1. The van der Waals surface area contributed by atoms with Crippen LogP contribution in [0.5, 0.6) is 0 Å². The Morgan fingerprint density at radius 1 is 1.10 bits per heavy atom. The van der Waals surface area contributed by atoms with E-state index in [4.69, 9.17) is 0 Å². The van der Waals surface area contributed by atoms with Crippen molar-refractivity contribution in [1.29, 1.82) is 0 Å². The molecule has 0 saturated heterocycles. The highest BCUT2D eigenvalue weighted by Gasteiger charge is 2.20. The number of nitrogens with one attached hydrogen (secondary N) is 1. The first kappa shape index (κ1) is 18.1. The summed E-state index contributed by atoms with van der Waals surface area (Å²) in [5.74, 6) is -0.322. The maximum atomic E-state index is 14.1. The monoisotopic (exact) mass is 297 g/mol. The zero-order chi connectivity index (χ0) is 15.8. The molecule has 0 bridgehead atoms. The van der Waals surface area contributed by atoms with E-state index < -0.39 is 11.6 Å². The minimum absolute atomic E-state index is 0.0314. The number of benzene rings is 1. The molecule has 1 rings (SSSR count). The minimum atomic E-state index is -0.468. The summed E-state index contributed by atoms with van der Waals surface area (Å²) in [6.07, 6.45) is 5.58. The summed E-state index contributed by atoms with van der Waals surface area (Å²) in [4.78, 5) is 0. The fraction of sp³-hybridized carbons (Fsp3) is 0.667. The van der Waals surface area contributed by atoms with Crippen LogP contribution >= 0.6 is 0 Å². The van der Waals surface area contributed by atoms with Crippen molar-refractivity contribution in [3.63, 3.8) is 0 Å². The Balaban J connectivity index is 2.92. The molecule has 0 aromatic heterocycles. The fourth-order valence-electron chi connectivity index (χ4n) is 2.83. The van der Waals surface area contributed by atoms with E-state index in [2.05, 4.69) is 19.2 Å². The van der Waals surface area contributed by atoms with Gasteiger partial charge in [-0.2, -0.15) is 0 Å². The number of halogens is 2. The first-order valence-corrected chi connectivity index (χ1v) is 8.22. The van der Waals surface area contributed by atoms with E-state index >= 15 is 0 Å². The second kappa shape index (κ2) is 9.14. The van der Waals surface area contributed by atoms with Gasteiger partial charge in [-0.25, -0.2) is 8.78 Å². The summed E-state index contributed by atoms with van der Waals surface area (Å²) < 4.78 is 27.6. The molecule has 1 nitrogen and oxygen atoms in total. The van der Waals surface area contributed by atoms with Gasteiger partial charge in [0.1, 0.15) is 11.6 Å². The molecule has 2 unspecified atom stereocenters. The van der Waals surface area contributed by atoms with Crippen molar-refractivity contribution in [1.82, 2.24) is 5.32 Å². The van der Waals surface area contributed by atoms with E-state index in [0.717, 1.165) is 25.5 Å². The van der Waals surface area contributed by atoms with Gasteiger partial charge in [-0.1, -0.05) is 46.5 Å². The lowest BCUT2D eigenvalue weighted by Crippen LogP contribution is -2.24. The third-order valence-electron chi connectivity index (χ3n) is 4.22. The highest BCUT2D eigenvalue weighted by Crippen LogP contribution is 2.29. The summed E-state index contributed by atoms with van der Waals surface area (Å²) in [6.45, 7) is 8.88. The van der Waals surface area contributed by atoms with Crippen molar-refractivity contribution < 1.29 is 8.78 Å². The van der Waals surface area contributed by atoms with Crippen LogP contribution in [0.3, 0.4) is 0 Å². The third kappa shape index (κ3) is 5.39. The SMILES string of the molecule is CCCCC(CC)CC(NCC)c1cc(C)c(F)cc1F. The molecule has 0 aliphatic heterocycles. The van der Waals surface area contributed by atoms with Crippen LogP contribution in [-0.2, 0) is 0 Å². The second-order valence-electron chi connectivity index (χ2n) is 5.89. The summed E-state index contributed by atoms with van der Waals surface area (Å²) >= 11 is 0. The van der Waals surface area contributed by atoms with E-state index in [0.29, 0.717) is 17.0 Å². The van der Waals surface area contributed by atoms with Crippen LogP contribution < -0.4 is 5.32 Å². The van der Waals surface area contributed by atoms with Crippen molar-refractivity contribution in [2.45, 2.75) is 65.8 Å². The van der Waals surface area contributed by atoms with Crippen LogP contribution in [0.15, 0.2) is 12.1 Å². The Labute approximate surface area is 128 Å². The molecule has 120 valence electrons.